The molecule has 1 aliphatic rings. The zero-order valence-electron chi connectivity index (χ0n) is 9.90. The largest absolute Gasteiger partial charge is 0.469 e. The van der Waals surface area contributed by atoms with Gasteiger partial charge >= 0.3 is 5.97 Å². The van der Waals surface area contributed by atoms with Gasteiger partial charge in [-0.15, -0.1) is 11.3 Å². The number of methoxy groups -OCH3 is 1. The van der Waals surface area contributed by atoms with Crippen LogP contribution in [0.25, 0.3) is 0 Å². The van der Waals surface area contributed by atoms with E-state index in [1.807, 2.05) is 0 Å². The van der Waals surface area contributed by atoms with Gasteiger partial charge in [0.15, 0.2) is 5.78 Å². The molecule has 18 heavy (non-hydrogen) atoms. The lowest BCUT2D eigenvalue weighted by molar-refractivity contribution is -0.152. The summed E-state index contributed by atoms with van der Waals surface area (Å²) in [6, 6.07) is 3.35. The number of carbonyl (C=O) groups is 2. The van der Waals surface area contributed by atoms with Gasteiger partial charge < -0.3 is 9.47 Å². The van der Waals surface area contributed by atoms with E-state index in [1.54, 1.807) is 12.1 Å². The molecule has 1 aliphatic heterocycles. The molecule has 1 fully saturated rings. The van der Waals surface area contributed by atoms with Crippen molar-refractivity contribution in [3.05, 3.63) is 21.3 Å². The van der Waals surface area contributed by atoms with Crippen LogP contribution in [0, 0.1) is 5.41 Å². The summed E-state index contributed by atoms with van der Waals surface area (Å²) in [6.07, 6.45) is 0.626. The van der Waals surface area contributed by atoms with E-state index in [4.69, 9.17) is 21.1 Å². The first-order valence-electron chi connectivity index (χ1n) is 5.52. The van der Waals surface area contributed by atoms with Gasteiger partial charge in [-0.25, -0.2) is 0 Å². The second kappa shape index (κ2) is 5.38. The molecule has 1 unspecified atom stereocenters. The van der Waals surface area contributed by atoms with Crippen LogP contribution in [0.15, 0.2) is 12.1 Å². The Morgan fingerprint density at radius 1 is 1.56 bits per heavy atom. The van der Waals surface area contributed by atoms with Gasteiger partial charge in [-0.2, -0.15) is 0 Å². The third-order valence-electron chi connectivity index (χ3n) is 3.07. The van der Waals surface area contributed by atoms with Crippen molar-refractivity contribution in [1.82, 2.24) is 0 Å². The maximum absolute atomic E-state index is 12.1. The smallest absolute Gasteiger partial charge is 0.314 e. The zero-order chi connectivity index (χ0) is 13.2. The van der Waals surface area contributed by atoms with E-state index in [-0.39, 0.29) is 24.8 Å². The molecule has 1 aromatic rings. The summed E-state index contributed by atoms with van der Waals surface area (Å²) < 4.78 is 10.6. The fourth-order valence-corrected chi connectivity index (χ4v) is 3.04. The minimum absolute atomic E-state index is 0.0946. The Balaban J connectivity index is 2.15. The second-order valence-corrected chi connectivity index (χ2v) is 5.99. The van der Waals surface area contributed by atoms with Crippen molar-refractivity contribution in [2.75, 3.05) is 20.3 Å². The maximum atomic E-state index is 12.1. The number of ether oxygens (including phenoxy) is 2. The second-order valence-electron chi connectivity index (χ2n) is 4.28. The number of esters is 1. The molecular formula is C12H13ClO4S. The predicted octanol–water partition coefficient (Wildman–Crippen LogP) is 2.55. The van der Waals surface area contributed by atoms with E-state index in [1.165, 1.54) is 18.4 Å². The van der Waals surface area contributed by atoms with E-state index in [0.29, 0.717) is 22.2 Å². The summed E-state index contributed by atoms with van der Waals surface area (Å²) in [5.41, 5.74) is -0.831. The van der Waals surface area contributed by atoms with Gasteiger partial charge in [0, 0.05) is 13.0 Å². The van der Waals surface area contributed by atoms with Crippen molar-refractivity contribution >= 4 is 34.7 Å². The quantitative estimate of drug-likeness (QED) is 0.631. The molecule has 4 nitrogen and oxygen atoms in total. The normalized spacial score (nSPS) is 23.0. The average Bonchev–Trinajstić information content (AvgIpc) is 2.98. The highest BCUT2D eigenvalue weighted by atomic mass is 35.5. The van der Waals surface area contributed by atoms with Gasteiger partial charge in [-0.05, 0) is 18.6 Å². The van der Waals surface area contributed by atoms with Crippen LogP contribution in [-0.2, 0) is 14.3 Å². The van der Waals surface area contributed by atoms with Crippen LogP contribution in [0.2, 0.25) is 4.34 Å². The van der Waals surface area contributed by atoms with Gasteiger partial charge in [-0.3, -0.25) is 9.59 Å². The van der Waals surface area contributed by atoms with Crippen LogP contribution in [0.4, 0.5) is 0 Å². The van der Waals surface area contributed by atoms with Gasteiger partial charge in [0.05, 0.1) is 22.9 Å². The van der Waals surface area contributed by atoms with Crippen LogP contribution in [0.5, 0.6) is 0 Å². The molecule has 0 spiro atoms. The molecule has 2 heterocycles. The summed E-state index contributed by atoms with van der Waals surface area (Å²) in [6.45, 7) is 0.720. The van der Waals surface area contributed by atoms with Crippen molar-refractivity contribution in [3.8, 4) is 0 Å². The zero-order valence-corrected chi connectivity index (χ0v) is 11.5. The number of hydrogen-bond donors (Lipinski definition) is 0. The highest BCUT2D eigenvalue weighted by Gasteiger charge is 2.45. The molecule has 0 aliphatic carbocycles. The molecular weight excluding hydrogens is 276 g/mol. The van der Waals surface area contributed by atoms with Crippen LogP contribution < -0.4 is 0 Å². The van der Waals surface area contributed by atoms with Crippen molar-refractivity contribution in [3.63, 3.8) is 0 Å². The lowest BCUT2D eigenvalue weighted by Gasteiger charge is -2.22. The molecule has 0 radical (unpaired) electrons. The lowest BCUT2D eigenvalue weighted by Crippen LogP contribution is -2.35. The van der Waals surface area contributed by atoms with E-state index in [9.17, 15) is 9.59 Å². The Morgan fingerprint density at radius 2 is 2.33 bits per heavy atom. The number of halogens is 1. The van der Waals surface area contributed by atoms with Crippen LogP contribution >= 0.6 is 22.9 Å². The number of Topliss-reactive ketones (excluding diaryl/α,β-unsaturated/α-hetero) is 1. The van der Waals surface area contributed by atoms with Crippen LogP contribution in [0.1, 0.15) is 22.5 Å². The SMILES string of the molecule is COC(=O)C1(CC(=O)c2ccc(Cl)s2)CCOC1. The topological polar surface area (TPSA) is 52.6 Å². The Hall–Kier alpha value is -0.910. The molecule has 98 valence electrons. The third-order valence-corrected chi connectivity index (χ3v) is 4.34. The van der Waals surface area contributed by atoms with Gasteiger partial charge in [0.2, 0.25) is 0 Å². The first-order chi connectivity index (χ1) is 8.57. The maximum Gasteiger partial charge on any atom is 0.314 e. The molecule has 1 saturated heterocycles. The Labute approximate surface area is 114 Å². The number of thiophene rings is 1. The number of ketones is 1. The molecule has 0 amide bonds. The fraction of sp³-hybridized carbons (Fsp3) is 0.500. The molecule has 6 heteroatoms. The summed E-state index contributed by atoms with van der Waals surface area (Å²) in [7, 11) is 1.33. The fourth-order valence-electron chi connectivity index (χ4n) is 2.05. The molecule has 0 saturated carbocycles. The molecule has 1 aromatic heterocycles. The van der Waals surface area contributed by atoms with Crippen molar-refractivity contribution in [2.45, 2.75) is 12.8 Å². The number of hydrogen-bond acceptors (Lipinski definition) is 5. The minimum atomic E-state index is -0.831. The average molecular weight is 289 g/mol. The Bertz CT molecular complexity index is 462. The highest BCUT2D eigenvalue weighted by Crippen LogP contribution is 2.36. The number of rotatable bonds is 4. The van der Waals surface area contributed by atoms with E-state index in [2.05, 4.69) is 0 Å². The van der Waals surface area contributed by atoms with Crippen molar-refractivity contribution < 1.29 is 19.1 Å². The Kier molecular flexibility index (Phi) is 4.04. The Morgan fingerprint density at radius 3 is 2.83 bits per heavy atom. The molecule has 2 rings (SSSR count). The summed E-state index contributed by atoms with van der Waals surface area (Å²) in [4.78, 5) is 24.5. The highest BCUT2D eigenvalue weighted by molar-refractivity contribution is 7.18. The molecule has 0 bridgehead atoms. The van der Waals surface area contributed by atoms with Gasteiger partial charge in [-0.1, -0.05) is 11.6 Å². The lowest BCUT2D eigenvalue weighted by atomic mass is 9.82. The van der Waals surface area contributed by atoms with Gasteiger partial charge in [0.1, 0.15) is 5.41 Å². The van der Waals surface area contributed by atoms with Gasteiger partial charge in [0.25, 0.3) is 0 Å². The molecule has 0 N–H and O–H groups in total. The first-order valence-corrected chi connectivity index (χ1v) is 6.71. The predicted molar refractivity (Wildman–Crippen MR) is 68.2 cm³/mol. The third kappa shape index (κ3) is 2.58. The minimum Gasteiger partial charge on any atom is -0.469 e. The monoisotopic (exact) mass is 288 g/mol. The standard InChI is InChI=1S/C12H13ClO4S/c1-16-11(15)12(4-5-17-7-12)6-8(14)9-2-3-10(13)18-9/h2-3H,4-7H2,1H3. The molecule has 1 atom stereocenters. The summed E-state index contributed by atoms with van der Waals surface area (Å²) >= 11 is 7.02. The van der Waals surface area contributed by atoms with Crippen molar-refractivity contribution in [1.29, 1.82) is 0 Å². The van der Waals surface area contributed by atoms with E-state index >= 15 is 0 Å². The number of carbonyl (C=O) groups excluding carboxylic acids is 2. The van der Waals surface area contributed by atoms with E-state index in [0.717, 1.165) is 0 Å². The van der Waals surface area contributed by atoms with Crippen LogP contribution in [-0.4, -0.2) is 32.1 Å². The summed E-state index contributed by atoms with van der Waals surface area (Å²) in [5.74, 6) is -0.473. The van der Waals surface area contributed by atoms with Crippen LogP contribution in [0.3, 0.4) is 0 Å². The summed E-state index contributed by atoms with van der Waals surface area (Å²) in [5, 5.41) is 0. The van der Waals surface area contributed by atoms with E-state index < -0.39 is 5.41 Å². The first kappa shape index (κ1) is 13.5. The molecule has 0 aromatic carbocycles. The van der Waals surface area contributed by atoms with Crippen molar-refractivity contribution in [2.24, 2.45) is 5.41 Å².